The predicted octanol–water partition coefficient (Wildman–Crippen LogP) is 4.45. The van der Waals surface area contributed by atoms with Gasteiger partial charge in [0.05, 0.1) is 7.11 Å². The van der Waals surface area contributed by atoms with E-state index in [1.165, 1.54) is 7.11 Å². The molecule has 0 amide bonds. The summed E-state index contributed by atoms with van der Waals surface area (Å²) in [6.07, 6.45) is 2.39. The summed E-state index contributed by atoms with van der Waals surface area (Å²) in [5.74, 6) is -0.312. The Morgan fingerprint density at radius 3 is 2.43 bits per heavy atom. The third kappa shape index (κ3) is 4.20. The lowest BCUT2D eigenvalue weighted by atomic mass is 9.99. The number of halogens is 1. The van der Waals surface area contributed by atoms with Crippen LogP contribution in [0, 0.1) is 6.92 Å². The summed E-state index contributed by atoms with van der Waals surface area (Å²) in [6, 6.07) is 15.4. The van der Waals surface area contributed by atoms with E-state index in [2.05, 4.69) is 0 Å². The monoisotopic (exact) mass is 300 g/mol. The smallest absolute Gasteiger partial charge is 0.334 e. The van der Waals surface area contributed by atoms with Gasteiger partial charge >= 0.3 is 5.97 Å². The fourth-order valence-corrected chi connectivity index (χ4v) is 2.21. The average Bonchev–Trinajstić information content (AvgIpc) is 2.50. The van der Waals surface area contributed by atoms with Gasteiger partial charge in [-0.2, -0.15) is 0 Å². The van der Waals surface area contributed by atoms with Gasteiger partial charge in [0.25, 0.3) is 0 Å². The maximum absolute atomic E-state index is 12.0. The van der Waals surface area contributed by atoms with Crippen molar-refractivity contribution in [3.05, 3.63) is 75.8 Å². The van der Waals surface area contributed by atoms with E-state index < -0.39 is 0 Å². The summed E-state index contributed by atoms with van der Waals surface area (Å²) >= 11 is 5.88. The van der Waals surface area contributed by atoms with Crippen molar-refractivity contribution in [3.63, 3.8) is 0 Å². The molecule has 2 rings (SSSR count). The molecule has 0 N–H and O–H groups in total. The predicted molar refractivity (Wildman–Crippen MR) is 86.3 cm³/mol. The Labute approximate surface area is 130 Å². The van der Waals surface area contributed by atoms with Crippen LogP contribution in [0.4, 0.5) is 0 Å². The summed E-state index contributed by atoms with van der Waals surface area (Å²) in [5, 5.41) is 0.672. The first-order valence-corrected chi connectivity index (χ1v) is 7.07. The second kappa shape index (κ2) is 7.09. The number of esters is 1. The van der Waals surface area contributed by atoms with Crippen LogP contribution >= 0.6 is 11.6 Å². The van der Waals surface area contributed by atoms with Gasteiger partial charge in [0.1, 0.15) is 0 Å². The van der Waals surface area contributed by atoms with Crippen molar-refractivity contribution in [2.24, 2.45) is 0 Å². The second-order valence-electron chi connectivity index (χ2n) is 4.82. The normalized spacial score (nSPS) is 11.3. The van der Waals surface area contributed by atoms with Crippen LogP contribution in [0.25, 0.3) is 6.08 Å². The van der Waals surface area contributed by atoms with Crippen molar-refractivity contribution in [1.82, 2.24) is 0 Å². The molecule has 0 radical (unpaired) electrons. The van der Waals surface area contributed by atoms with E-state index in [4.69, 9.17) is 16.3 Å². The molecule has 0 atom stereocenters. The number of carbonyl (C=O) groups excluding carboxylic acids is 1. The highest BCUT2D eigenvalue weighted by atomic mass is 35.5. The third-order valence-corrected chi connectivity index (χ3v) is 3.55. The number of ether oxygens (including phenoxy) is 1. The van der Waals surface area contributed by atoms with Crippen molar-refractivity contribution in [2.45, 2.75) is 13.3 Å². The van der Waals surface area contributed by atoms with Crippen molar-refractivity contribution >= 4 is 23.6 Å². The zero-order chi connectivity index (χ0) is 15.2. The van der Waals surface area contributed by atoms with Crippen molar-refractivity contribution in [2.75, 3.05) is 7.11 Å². The topological polar surface area (TPSA) is 26.3 Å². The molecule has 0 unspecified atom stereocenters. The van der Waals surface area contributed by atoms with Gasteiger partial charge in [-0.25, -0.2) is 4.79 Å². The molecular formula is C18H17ClO2. The number of hydrogen-bond acceptors (Lipinski definition) is 2. The van der Waals surface area contributed by atoms with Gasteiger partial charge in [-0.3, -0.25) is 0 Å². The van der Waals surface area contributed by atoms with Gasteiger partial charge in [-0.1, -0.05) is 48.0 Å². The first-order chi connectivity index (χ1) is 10.1. The minimum absolute atomic E-state index is 0.312. The standard InChI is InChI=1S/C18H17ClO2/c1-13-5-3-4-6-15(13)12-16(18(20)21-2)11-14-7-9-17(19)10-8-14/h3-11H,12H2,1-2H3/b16-11+. The van der Waals surface area contributed by atoms with Crippen LogP contribution in [-0.4, -0.2) is 13.1 Å². The van der Waals surface area contributed by atoms with Crippen LogP contribution in [-0.2, 0) is 16.0 Å². The van der Waals surface area contributed by atoms with Crippen LogP contribution in [0.5, 0.6) is 0 Å². The highest BCUT2D eigenvalue weighted by Crippen LogP contribution is 2.18. The van der Waals surface area contributed by atoms with Gasteiger partial charge in [-0.05, 0) is 41.8 Å². The molecule has 0 aromatic heterocycles. The van der Waals surface area contributed by atoms with E-state index in [0.717, 1.165) is 16.7 Å². The molecule has 0 aliphatic heterocycles. The molecule has 3 heteroatoms. The lowest BCUT2D eigenvalue weighted by molar-refractivity contribution is -0.136. The molecule has 0 fully saturated rings. The number of methoxy groups -OCH3 is 1. The van der Waals surface area contributed by atoms with E-state index in [1.807, 2.05) is 49.4 Å². The summed E-state index contributed by atoms with van der Waals surface area (Å²) in [4.78, 5) is 12.0. The summed E-state index contributed by atoms with van der Waals surface area (Å²) in [6.45, 7) is 2.03. The number of hydrogen-bond donors (Lipinski definition) is 0. The van der Waals surface area contributed by atoms with E-state index in [0.29, 0.717) is 17.0 Å². The zero-order valence-electron chi connectivity index (χ0n) is 12.1. The Balaban J connectivity index is 2.33. The second-order valence-corrected chi connectivity index (χ2v) is 5.25. The zero-order valence-corrected chi connectivity index (χ0v) is 12.9. The molecule has 0 spiro atoms. The van der Waals surface area contributed by atoms with E-state index in [-0.39, 0.29) is 5.97 Å². The molecule has 21 heavy (non-hydrogen) atoms. The van der Waals surface area contributed by atoms with Crippen molar-refractivity contribution in [3.8, 4) is 0 Å². The third-order valence-electron chi connectivity index (χ3n) is 3.30. The quantitative estimate of drug-likeness (QED) is 0.616. The van der Waals surface area contributed by atoms with Gasteiger partial charge in [0.15, 0.2) is 0 Å². The van der Waals surface area contributed by atoms with E-state index >= 15 is 0 Å². The molecular weight excluding hydrogens is 284 g/mol. The van der Waals surface area contributed by atoms with E-state index in [1.54, 1.807) is 12.1 Å². The molecule has 108 valence electrons. The molecule has 0 aliphatic rings. The summed E-state index contributed by atoms with van der Waals surface area (Å²) in [7, 11) is 1.40. The first-order valence-electron chi connectivity index (χ1n) is 6.69. The van der Waals surface area contributed by atoms with Crippen molar-refractivity contribution in [1.29, 1.82) is 0 Å². The lowest BCUT2D eigenvalue weighted by Crippen LogP contribution is -2.08. The molecule has 2 aromatic carbocycles. The van der Waals surface area contributed by atoms with Gasteiger partial charge < -0.3 is 4.74 Å². The number of benzene rings is 2. The van der Waals surface area contributed by atoms with Gasteiger partial charge in [0.2, 0.25) is 0 Å². The summed E-state index contributed by atoms with van der Waals surface area (Å²) in [5.41, 5.74) is 3.81. The SMILES string of the molecule is COC(=O)/C(=C/c1ccc(Cl)cc1)Cc1ccccc1C. The van der Waals surface area contributed by atoms with Gasteiger partial charge in [0, 0.05) is 17.0 Å². The van der Waals surface area contributed by atoms with E-state index in [9.17, 15) is 4.79 Å². The largest absolute Gasteiger partial charge is 0.466 e. The molecule has 0 saturated carbocycles. The molecule has 2 aromatic rings. The minimum Gasteiger partial charge on any atom is -0.466 e. The van der Waals surface area contributed by atoms with Crippen LogP contribution in [0.3, 0.4) is 0 Å². The number of rotatable bonds is 4. The number of carbonyl (C=O) groups is 1. The minimum atomic E-state index is -0.312. The van der Waals surface area contributed by atoms with Crippen molar-refractivity contribution < 1.29 is 9.53 Å². The molecule has 0 heterocycles. The van der Waals surface area contributed by atoms with Crippen LogP contribution < -0.4 is 0 Å². The van der Waals surface area contributed by atoms with Crippen LogP contribution in [0.2, 0.25) is 5.02 Å². The maximum atomic E-state index is 12.0. The first kappa shape index (κ1) is 15.3. The molecule has 0 saturated heterocycles. The van der Waals surface area contributed by atoms with Gasteiger partial charge in [-0.15, -0.1) is 0 Å². The highest BCUT2D eigenvalue weighted by Gasteiger charge is 2.12. The molecule has 2 nitrogen and oxygen atoms in total. The Kier molecular flexibility index (Phi) is 5.18. The average molecular weight is 301 g/mol. The lowest BCUT2D eigenvalue weighted by Gasteiger charge is -2.08. The Hall–Kier alpha value is -2.06. The fourth-order valence-electron chi connectivity index (χ4n) is 2.09. The maximum Gasteiger partial charge on any atom is 0.334 e. The highest BCUT2D eigenvalue weighted by molar-refractivity contribution is 6.30. The number of aryl methyl sites for hydroxylation is 1. The Morgan fingerprint density at radius 1 is 1.14 bits per heavy atom. The van der Waals surface area contributed by atoms with Crippen LogP contribution in [0.1, 0.15) is 16.7 Å². The Morgan fingerprint density at radius 2 is 1.81 bits per heavy atom. The molecule has 0 bridgehead atoms. The summed E-state index contributed by atoms with van der Waals surface area (Å²) < 4.78 is 4.89. The Bertz CT molecular complexity index is 657. The van der Waals surface area contributed by atoms with Crippen LogP contribution in [0.15, 0.2) is 54.1 Å². The molecule has 0 aliphatic carbocycles. The fraction of sp³-hybridized carbons (Fsp3) is 0.167.